The van der Waals surface area contributed by atoms with Gasteiger partial charge in [0.2, 0.25) is 0 Å². The minimum Gasteiger partial charge on any atom is -0.323 e. The van der Waals surface area contributed by atoms with Crippen molar-refractivity contribution in [3.8, 4) is 0 Å². The van der Waals surface area contributed by atoms with Crippen molar-refractivity contribution >= 4 is 24.0 Å². The smallest absolute Gasteiger partial charge is 0.323 e. The summed E-state index contributed by atoms with van der Waals surface area (Å²) in [7, 11) is 0. The van der Waals surface area contributed by atoms with E-state index < -0.39 is 12.7 Å². The van der Waals surface area contributed by atoms with Gasteiger partial charge in [0, 0.05) is 19.5 Å². The molecular formula is C2H5F3INZn. The number of rotatable bonds is 0. The van der Waals surface area contributed by atoms with Gasteiger partial charge in [-0.25, -0.2) is 0 Å². The molecule has 0 aromatic heterocycles. The fraction of sp³-hybridized carbons (Fsp3) is 1.00. The van der Waals surface area contributed by atoms with Crippen molar-refractivity contribution in [3.63, 3.8) is 0 Å². The van der Waals surface area contributed by atoms with Gasteiger partial charge < -0.3 is 5.73 Å². The Morgan fingerprint density at radius 2 is 1.38 bits per heavy atom. The van der Waals surface area contributed by atoms with Crippen molar-refractivity contribution in [2.24, 2.45) is 5.73 Å². The first kappa shape index (κ1) is 16.0. The van der Waals surface area contributed by atoms with Crippen LogP contribution >= 0.6 is 24.0 Å². The molecule has 0 saturated heterocycles. The quantitative estimate of drug-likeness (QED) is 0.525. The maximum Gasteiger partial charge on any atom is 0.400 e. The zero-order valence-corrected chi connectivity index (χ0v) is 9.33. The predicted octanol–water partition coefficient (Wildman–Crippen LogP) is 1.12. The van der Waals surface area contributed by atoms with Gasteiger partial charge >= 0.3 is 6.18 Å². The fourth-order valence-electron chi connectivity index (χ4n) is 0. The van der Waals surface area contributed by atoms with Crippen molar-refractivity contribution in [2.45, 2.75) is 6.18 Å². The SMILES string of the molecule is I.NCC(F)(F)F.[Zn]. The van der Waals surface area contributed by atoms with Crippen LogP contribution in [0.5, 0.6) is 0 Å². The first-order chi connectivity index (χ1) is 2.56. The van der Waals surface area contributed by atoms with E-state index in [4.69, 9.17) is 0 Å². The molecule has 0 spiro atoms. The van der Waals surface area contributed by atoms with E-state index in [9.17, 15) is 13.2 Å². The summed E-state index contributed by atoms with van der Waals surface area (Å²) in [5.74, 6) is 0. The Morgan fingerprint density at radius 1 is 1.25 bits per heavy atom. The minimum absolute atomic E-state index is 0. The molecule has 0 aliphatic heterocycles. The molecule has 0 fully saturated rings. The molecule has 8 heavy (non-hydrogen) atoms. The van der Waals surface area contributed by atoms with Gasteiger partial charge in [-0.2, -0.15) is 13.2 Å². The van der Waals surface area contributed by atoms with Crippen LogP contribution < -0.4 is 5.73 Å². The largest absolute Gasteiger partial charge is 0.400 e. The van der Waals surface area contributed by atoms with Gasteiger partial charge in [0.15, 0.2) is 0 Å². The molecule has 0 radical (unpaired) electrons. The summed E-state index contributed by atoms with van der Waals surface area (Å²) in [6, 6.07) is 0. The Labute approximate surface area is 75.0 Å². The van der Waals surface area contributed by atoms with Crippen LogP contribution in [0.15, 0.2) is 0 Å². The molecule has 2 N–H and O–H groups in total. The summed E-state index contributed by atoms with van der Waals surface area (Å²) in [6.07, 6.45) is -4.18. The maximum absolute atomic E-state index is 10.7. The Hall–Kier alpha value is 1.10. The van der Waals surface area contributed by atoms with Gasteiger partial charge in [0.1, 0.15) is 0 Å². The minimum atomic E-state index is -4.18. The van der Waals surface area contributed by atoms with Crippen LogP contribution in [0.3, 0.4) is 0 Å². The van der Waals surface area contributed by atoms with E-state index in [1.807, 2.05) is 0 Å². The average Bonchev–Trinajstić information content (AvgIpc) is 1.35. The van der Waals surface area contributed by atoms with Gasteiger partial charge in [-0.05, 0) is 0 Å². The van der Waals surface area contributed by atoms with Crippen LogP contribution in [0.4, 0.5) is 13.2 Å². The fourth-order valence-corrected chi connectivity index (χ4v) is 0. The van der Waals surface area contributed by atoms with Crippen LogP contribution in [-0.4, -0.2) is 12.7 Å². The zero-order chi connectivity index (χ0) is 5.21. The second-order valence-corrected chi connectivity index (χ2v) is 0.819. The van der Waals surface area contributed by atoms with E-state index in [-0.39, 0.29) is 43.5 Å². The van der Waals surface area contributed by atoms with E-state index >= 15 is 0 Å². The maximum atomic E-state index is 10.7. The van der Waals surface area contributed by atoms with Crippen molar-refractivity contribution in [1.82, 2.24) is 0 Å². The molecular weight excluding hydrogens is 287 g/mol. The molecule has 0 aromatic rings. The van der Waals surface area contributed by atoms with Gasteiger partial charge in [0.25, 0.3) is 0 Å². The molecule has 48 valence electrons. The third-order valence-corrected chi connectivity index (χ3v) is 0.231. The monoisotopic (exact) mass is 291 g/mol. The molecule has 0 aliphatic rings. The summed E-state index contributed by atoms with van der Waals surface area (Å²) in [5.41, 5.74) is 4.18. The Kier molecular flexibility index (Phi) is 12.5. The molecule has 0 atom stereocenters. The van der Waals surface area contributed by atoms with Crippen LogP contribution in [0.1, 0.15) is 0 Å². The number of hydrogen-bond donors (Lipinski definition) is 1. The van der Waals surface area contributed by atoms with Crippen molar-refractivity contribution in [3.05, 3.63) is 0 Å². The van der Waals surface area contributed by atoms with Crippen LogP contribution in [-0.2, 0) is 19.5 Å². The molecule has 0 aliphatic carbocycles. The molecule has 6 heteroatoms. The predicted molar refractivity (Wildman–Crippen MR) is 30.5 cm³/mol. The number of nitrogens with two attached hydrogens (primary N) is 1. The molecule has 0 unspecified atom stereocenters. The van der Waals surface area contributed by atoms with E-state index in [2.05, 4.69) is 5.73 Å². The van der Waals surface area contributed by atoms with E-state index in [0.29, 0.717) is 0 Å². The van der Waals surface area contributed by atoms with Crippen LogP contribution in [0, 0.1) is 0 Å². The number of hydrogen-bond acceptors (Lipinski definition) is 1. The standard InChI is InChI=1S/C2H4F3N.HI.Zn/c3-2(4,5)1-6;;/h1,6H2;1H;. The molecule has 0 heterocycles. The van der Waals surface area contributed by atoms with Crippen LogP contribution in [0.25, 0.3) is 0 Å². The molecule has 0 saturated carbocycles. The van der Waals surface area contributed by atoms with E-state index in [1.165, 1.54) is 0 Å². The summed E-state index contributed by atoms with van der Waals surface area (Å²) in [6.45, 7) is -1.23. The normalized spacial score (nSPS) is 9.00. The van der Waals surface area contributed by atoms with Crippen LogP contribution in [0.2, 0.25) is 0 Å². The number of alkyl halides is 3. The van der Waals surface area contributed by atoms with Gasteiger partial charge in [-0.3, -0.25) is 0 Å². The molecule has 0 bridgehead atoms. The number of halogens is 4. The summed E-state index contributed by atoms with van der Waals surface area (Å²) >= 11 is 0. The summed E-state index contributed by atoms with van der Waals surface area (Å²) in [4.78, 5) is 0. The van der Waals surface area contributed by atoms with Gasteiger partial charge in [0.05, 0.1) is 6.54 Å². The molecule has 1 nitrogen and oxygen atoms in total. The van der Waals surface area contributed by atoms with Crippen molar-refractivity contribution in [1.29, 1.82) is 0 Å². The van der Waals surface area contributed by atoms with Gasteiger partial charge in [-0.15, -0.1) is 24.0 Å². The van der Waals surface area contributed by atoms with E-state index in [0.717, 1.165) is 0 Å². The Morgan fingerprint density at radius 3 is 1.38 bits per heavy atom. The third-order valence-electron chi connectivity index (χ3n) is 0.231. The zero-order valence-electron chi connectivity index (χ0n) is 4.03. The molecule has 0 rings (SSSR count). The second-order valence-electron chi connectivity index (χ2n) is 0.819. The van der Waals surface area contributed by atoms with Gasteiger partial charge in [-0.1, -0.05) is 0 Å². The summed E-state index contributed by atoms with van der Waals surface area (Å²) < 4.78 is 32.0. The summed E-state index contributed by atoms with van der Waals surface area (Å²) in [5, 5.41) is 0. The molecule has 0 aromatic carbocycles. The Bertz CT molecular complexity index is 47.0. The van der Waals surface area contributed by atoms with Crippen molar-refractivity contribution in [2.75, 3.05) is 6.54 Å². The topological polar surface area (TPSA) is 26.0 Å². The Balaban J connectivity index is -0.000000125. The molecule has 0 amide bonds. The first-order valence-corrected chi connectivity index (χ1v) is 1.33. The first-order valence-electron chi connectivity index (χ1n) is 1.33. The van der Waals surface area contributed by atoms with E-state index in [1.54, 1.807) is 0 Å². The second kappa shape index (κ2) is 6.23. The average molecular weight is 292 g/mol. The van der Waals surface area contributed by atoms with Crippen molar-refractivity contribution < 1.29 is 32.6 Å². The third kappa shape index (κ3) is 15.7.